The van der Waals surface area contributed by atoms with E-state index < -0.39 is 0 Å². The minimum absolute atomic E-state index is 0.938. The number of rotatable bonds is 3. The van der Waals surface area contributed by atoms with E-state index in [-0.39, 0.29) is 0 Å². The molecular formula is C15H13CrN. The molecule has 84 valence electrons. The molecule has 0 aliphatic rings. The van der Waals surface area contributed by atoms with Crippen LogP contribution in [0.15, 0.2) is 65.7 Å². The second kappa shape index (κ2) is 5.73. The molecule has 0 aliphatic carbocycles. The first-order valence-corrected chi connectivity index (χ1v) is 6.11. The van der Waals surface area contributed by atoms with Gasteiger partial charge in [-0.25, -0.2) is 0 Å². The summed E-state index contributed by atoms with van der Waals surface area (Å²) >= 11 is 2.94. The van der Waals surface area contributed by atoms with Gasteiger partial charge in [0.05, 0.1) is 0 Å². The molecule has 0 unspecified atom stereocenters. The summed E-state index contributed by atoms with van der Waals surface area (Å²) in [4.78, 5) is 4.60. The van der Waals surface area contributed by atoms with Crippen LogP contribution in [0.5, 0.6) is 0 Å². The zero-order valence-electron chi connectivity index (χ0n) is 9.63. The molecule has 2 aromatic carbocycles. The molecule has 0 fully saturated rings. The van der Waals surface area contributed by atoms with Crippen LogP contribution in [-0.4, -0.2) is 10.2 Å². The summed E-state index contributed by atoms with van der Waals surface area (Å²) in [5.41, 5.74) is 3.27. The van der Waals surface area contributed by atoms with Crippen molar-refractivity contribution >= 4 is 10.2 Å². The third-order valence-electron chi connectivity index (χ3n) is 2.36. The van der Waals surface area contributed by atoms with Gasteiger partial charge in [0.1, 0.15) is 0 Å². The van der Waals surface area contributed by atoms with Gasteiger partial charge in [-0.05, 0) is 0 Å². The average Bonchev–Trinajstić information content (AvgIpc) is 2.38. The van der Waals surface area contributed by atoms with Gasteiger partial charge in [-0.3, -0.25) is 0 Å². The standard InChI is InChI=1S/C15H13N.Cr/c1-2-16-15(13-9-5-3-6-10-13)14-11-7-4-8-12-14;/h3-12H,1H3;. The molecule has 1 nitrogen and oxygen atoms in total. The van der Waals surface area contributed by atoms with Gasteiger partial charge in [0.25, 0.3) is 0 Å². The van der Waals surface area contributed by atoms with Crippen LogP contribution in [0.25, 0.3) is 0 Å². The molecule has 2 heteroatoms. The van der Waals surface area contributed by atoms with Gasteiger partial charge in [-0.2, -0.15) is 0 Å². The van der Waals surface area contributed by atoms with Crippen LogP contribution in [-0.2, 0) is 15.9 Å². The van der Waals surface area contributed by atoms with Gasteiger partial charge in [-0.15, -0.1) is 0 Å². The fourth-order valence-corrected chi connectivity index (χ4v) is 1.79. The number of hydrogen-bond acceptors (Lipinski definition) is 1. The van der Waals surface area contributed by atoms with Crippen molar-refractivity contribution in [3.63, 3.8) is 0 Å². The fraction of sp³-hybridized carbons (Fsp3) is 0.0667. The van der Waals surface area contributed by atoms with Gasteiger partial charge < -0.3 is 0 Å². The third-order valence-corrected chi connectivity index (χ3v) is 2.51. The maximum atomic E-state index is 4.60. The molecule has 0 radical (unpaired) electrons. The zero-order valence-corrected chi connectivity index (χ0v) is 10.9. The summed E-state index contributed by atoms with van der Waals surface area (Å²) in [6.07, 6.45) is 0. The first-order chi connectivity index (χ1) is 8.27. The van der Waals surface area contributed by atoms with Crippen LogP contribution >= 0.6 is 0 Å². The van der Waals surface area contributed by atoms with Crippen molar-refractivity contribution in [2.75, 3.05) is 0 Å². The first-order valence-electron chi connectivity index (χ1n) is 5.47. The number of aliphatic imine (C=N–C) groups is 1. The van der Waals surface area contributed by atoms with Crippen LogP contribution in [0.1, 0.15) is 18.1 Å². The van der Waals surface area contributed by atoms with E-state index in [4.69, 9.17) is 0 Å². The molecular weight excluding hydrogens is 246 g/mol. The Hall–Kier alpha value is -1.49. The molecule has 0 bridgehead atoms. The van der Waals surface area contributed by atoms with E-state index in [1.54, 1.807) is 0 Å². The van der Waals surface area contributed by atoms with Gasteiger partial charge in [0, 0.05) is 0 Å². The Labute approximate surface area is 110 Å². The van der Waals surface area contributed by atoms with E-state index in [0.717, 1.165) is 21.3 Å². The molecule has 0 saturated heterocycles. The Kier molecular flexibility index (Phi) is 4.04. The quantitative estimate of drug-likeness (QED) is 0.750. The normalized spacial score (nSPS) is 9.71. The minimum atomic E-state index is 0.938. The van der Waals surface area contributed by atoms with Crippen molar-refractivity contribution in [1.29, 1.82) is 0 Å². The molecule has 0 saturated carbocycles. The first kappa shape index (κ1) is 12.0. The molecule has 0 aromatic heterocycles. The van der Waals surface area contributed by atoms with Crippen molar-refractivity contribution in [2.24, 2.45) is 4.99 Å². The molecule has 0 aliphatic heterocycles. The molecule has 0 N–H and O–H groups in total. The molecule has 0 amide bonds. The number of hydrogen-bond donors (Lipinski definition) is 0. The van der Waals surface area contributed by atoms with Gasteiger partial charge in [0.2, 0.25) is 0 Å². The van der Waals surface area contributed by atoms with Crippen molar-refractivity contribution in [2.45, 2.75) is 6.92 Å². The predicted octanol–water partition coefficient (Wildman–Crippen LogP) is 3.22. The molecule has 0 spiro atoms. The van der Waals surface area contributed by atoms with E-state index in [2.05, 4.69) is 45.1 Å². The van der Waals surface area contributed by atoms with E-state index in [1.165, 1.54) is 0 Å². The summed E-state index contributed by atoms with van der Waals surface area (Å²) in [5.74, 6) is 0. The molecule has 0 atom stereocenters. The van der Waals surface area contributed by atoms with Crippen molar-refractivity contribution < 1.29 is 15.9 Å². The van der Waals surface area contributed by atoms with Crippen molar-refractivity contribution in [3.8, 4) is 0 Å². The molecule has 2 aromatic rings. The van der Waals surface area contributed by atoms with Crippen LogP contribution in [0.4, 0.5) is 0 Å². The Morgan fingerprint density at radius 2 is 1.24 bits per heavy atom. The van der Waals surface area contributed by atoms with E-state index in [1.807, 2.05) is 43.3 Å². The number of nitrogens with zero attached hydrogens (tertiary/aromatic N) is 1. The van der Waals surface area contributed by atoms with E-state index >= 15 is 0 Å². The summed E-state index contributed by atoms with van der Waals surface area (Å²) in [6.45, 7) is 1.96. The van der Waals surface area contributed by atoms with E-state index in [0.29, 0.717) is 0 Å². The molecule has 17 heavy (non-hydrogen) atoms. The Morgan fingerprint density at radius 3 is 1.59 bits per heavy atom. The average molecular weight is 259 g/mol. The molecule has 2 rings (SSSR count). The van der Waals surface area contributed by atoms with Crippen molar-refractivity contribution in [3.05, 3.63) is 71.8 Å². The van der Waals surface area contributed by atoms with Crippen LogP contribution in [0, 0.1) is 0 Å². The molecule has 0 heterocycles. The monoisotopic (exact) mass is 259 g/mol. The van der Waals surface area contributed by atoms with Crippen LogP contribution in [0.2, 0.25) is 0 Å². The van der Waals surface area contributed by atoms with Crippen molar-refractivity contribution in [1.82, 2.24) is 0 Å². The summed E-state index contributed by atoms with van der Waals surface area (Å²) in [6, 6.07) is 20.5. The maximum absolute atomic E-state index is 4.60. The van der Waals surface area contributed by atoms with Gasteiger partial charge >= 0.3 is 110 Å². The second-order valence-electron chi connectivity index (χ2n) is 3.71. The fourth-order valence-electron chi connectivity index (χ4n) is 1.65. The Balaban J connectivity index is 2.51. The predicted molar refractivity (Wildman–Crippen MR) is 69.2 cm³/mol. The summed E-state index contributed by atoms with van der Waals surface area (Å²) in [5, 5.41) is 0. The van der Waals surface area contributed by atoms with Crippen LogP contribution in [0.3, 0.4) is 0 Å². The zero-order chi connectivity index (χ0) is 12.1. The second-order valence-corrected chi connectivity index (χ2v) is 4.63. The van der Waals surface area contributed by atoms with Gasteiger partial charge in [-0.1, -0.05) is 0 Å². The SMILES string of the molecule is C[C](=[Cr])N=C(c1ccccc1)c1ccccc1. The van der Waals surface area contributed by atoms with Gasteiger partial charge in [0.15, 0.2) is 0 Å². The topological polar surface area (TPSA) is 12.4 Å². The third kappa shape index (κ3) is 3.23. The summed E-state index contributed by atoms with van der Waals surface area (Å²) in [7, 11) is 0. The van der Waals surface area contributed by atoms with E-state index in [9.17, 15) is 0 Å². The Morgan fingerprint density at radius 1 is 0.824 bits per heavy atom. The summed E-state index contributed by atoms with van der Waals surface area (Å²) < 4.78 is 0.938. The number of benzene rings is 2. The van der Waals surface area contributed by atoms with Crippen LogP contribution < -0.4 is 0 Å². The Bertz CT molecular complexity index is 488.